The molecule has 0 saturated heterocycles. The molecule has 1 amide bonds. The minimum Gasteiger partial charge on any atom is -0.462 e. The van der Waals surface area contributed by atoms with E-state index >= 15 is 0 Å². The minimum atomic E-state index is -0.838. The van der Waals surface area contributed by atoms with E-state index in [0.717, 1.165) is 16.8 Å². The van der Waals surface area contributed by atoms with Crippen LogP contribution in [-0.4, -0.2) is 31.3 Å². The van der Waals surface area contributed by atoms with Crippen molar-refractivity contribution >= 4 is 29.3 Å². The second kappa shape index (κ2) is 6.92. The molecular weight excluding hydrogens is 334 g/mol. The first-order valence-corrected chi connectivity index (χ1v) is 9.56. The monoisotopic (exact) mass is 355 g/mol. The van der Waals surface area contributed by atoms with E-state index in [4.69, 9.17) is 4.74 Å². The molecule has 1 aliphatic heterocycles. The van der Waals surface area contributed by atoms with Crippen LogP contribution in [0.15, 0.2) is 48.5 Å². The van der Waals surface area contributed by atoms with Gasteiger partial charge in [0.15, 0.2) is 0 Å². The van der Waals surface area contributed by atoms with Gasteiger partial charge in [-0.2, -0.15) is 0 Å². The molecule has 2 aromatic carbocycles. The van der Waals surface area contributed by atoms with Crippen LogP contribution in [0, 0.1) is 0 Å². The van der Waals surface area contributed by atoms with Gasteiger partial charge in [0, 0.05) is 17.8 Å². The Morgan fingerprint density at radius 3 is 2.48 bits per heavy atom. The molecular formula is C20H21NO3S. The fraction of sp³-hybridized carbons (Fsp3) is 0.300. The van der Waals surface area contributed by atoms with Crippen molar-refractivity contribution in [3.05, 3.63) is 65.2 Å². The van der Waals surface area contributed by atoms with Gasteiger partial charge in [0.05, 0.1) is 12.2 Å². The number of esters is 1. The van der Waals surface area contributed by atoms with E-state index in [1.165, 1.54) is 11.8 Å². The number of amides is 1. The van der Waals surface area contributed by atoms with Crippen molar-refractivity contribution in [2.75, 3.05) is 24.3 Å². The SMILES string of the molecule is CCOC(=O)c1ccc2c(c1)C(SC)(c1ccccc1)C(=O)N2CC. The third-order valence-electron chi connectivity index (χ3n) is 4.53. The zero-order valence-electron chi connectivity index (χ0n) is 14.6. The molecule has 2 aromatic rings. The number of fused-ring (bicyclic) bond motifs is 1. The Morgan fingerprint density at radius 2 is 1.88 bits per heavy atom. The Morgan fingerprint density at radius 1 is 1.16 bits per heavy atom. The van der Waals surface area contributed by atoms with Gasteiger partial charge in [0.1, 0.15) is 4.75 Å². The summed E-state index contributed by atoms with van der Waals surface area (Å²) in [6, 6.07) is 15.1. The minimum absolute atomic E-state index is 0.0321. The van der Waals surface area contributed by atoms with Crippen molar-refractivity contribution in [1.29, 1.82) is 0 Å². The van der Waals surface area contributed by atoms with Gasteiger partial charge in [-0.25, -0.2) is 4.79 Å². The molecule has 1 unspecified atom stereocenters. The Kier molecular flexibility index (Phi) is 4.86. The standard InChI is InChI=1S/C20H21NO3S/c1-4-21-17-12-11-14(18(22)24-5-2)13-16(17)20(25-3,19(21)23)15-9-7-6-8-10-15/h6-13H,4-5H2,1-3H3. The number of carbonyl (C=O) groups excluding carboxylic acids is 2. The normalized spacial score (nSPS) is 19.0. The molecule has 3 rings (SSSR count). The Bertz CT molecular complexity index is 806. The first-order chi connectivity index (χ1) is 12.1. The van der Waals surface area contributed by atoms with Crippen molar-refractivity contribution in [3.63, 3.8) is 0 Å². The zero-order valence-corrected chi connectivity index (χ0v) is 15.4. The molecule has 0 saturated carbocycles. The molecule has 0 aliphatic carbocycles. The predicted molar refractivity (Wildman–Crippen MR) is 101 cm³/mol. The molecule has 5 heteroatoms. The van der Waals surface area contributed by atoms with Crippen molar-refractivity contribution in [2.24, 2.45) is 0 Å². The zero-order chi connectivity index (χ0) is 18.0. The first-order valence-electron chi connectivity index (χ1n) is 8.34. The topological polar surface area (TPSA) is 46.6 Å². The van der Waals surface area contributed by atoms with Gasteiger partial charge in [-0.05, 0) is 43.9 Å². The largest absolute Gasteiger partial charge is 0.462 e. The highest BCUT2D eigenvalue weighted by Crippen LogP contribution is 2.52. The van der Waals surface area contributed by atoms with E-state index in [1.54, 1.807) is 17.9 Å². The summed E-state index contributed by atoms with van der Waals surface area (Å²) >= 11 is 1.49. The third-order valence-corrected chi connectivity index (χ3v) is 5.77. The van der Waals surface area contributed by atoms with Crippen molar-refractivity contribution in [1.82, 2.24) is 0 Å². The molecule has 25 heavy (non-hydrogen) atoms. The van der Waals surface area contributed by atoms with E-state index in [2.05, 4.69) is 0 Å². The van der Waals surface area contributed by atoms with Crippen LogP contribution < -0.4 is 4.90 Å². The maximum Gasteiger partial charge on any atom is 0.338 e. The lowest BCUT2D eigenvalue weighted by atomic mass is 9.90. The lowest BCUT2D eigenvalue weighted by molar-refractivity contribution is -0.119. The second-order valence-electron chi connectivity index (χ2n) is 5.75. The molecule has 4 nitrogen and oxygen atoms in total. The molecule has 0 aromatic heterocycles. The van der Waals surface area contributed by atoms with Gasteiger partial charge in [-0.3, -0.25) is 4.79 Å². The molecule has 0 spiro atoms. The van der Waals surface area contributed by atoms with Gasteiger partial charge in [-0.1, -0.05) is 30.3 Å². The van der Waals surface area contributed by atoms with Crippen LogP contribution in [0.1, 0.15) is 35.3 Å². The van der Waals surface area contributed by atoms with Crippen molar-refractivity contribution in [3.8, 4) is 0 Å². The number of nitrogens with zero attached hydrogens (tertiary/aromatic N) is 1. The second-order valence-corrected chi connectivity index (χ2v) is 6.77. The number of anilines is 1. The fourth-order valence-electron chi connectivity index (χ4n) is 3.39. The van der Waals surface area contributed by atoms with Crippen LogP contribution >= 0.6 is 11.8 Å². The molecule has 1 atom stereocenters. The summed E-state index contributed by atoms with van der Waals surface area (Å²) in [4.78, 5) is 27.3. The fourth-order valence-corrected chi connectivity index (χ4v) is 4.43. The Balaban J connectivity index is 2.23. The Hall–Kier alpha value is -2.27. The summed E-state index contributed by atoms with van der Waals surface area (Å²) in [7, 11) is 0. The average Bonchev–Trinajstić information content (AvgIpc) is 2.89. The van der Waals surface area contributed by atoms with Crippen LogP contribution in [0.5, 0.6) is 0 Å². The summed E-state index contributed by atoms with van der Waals surface area (Å²) in [5.74, 6) is -0.333. The molecule has 0 fully saturated rings. The average molecular weight is 355 g/mol. The van der Waals surface area contributed by atoms with Gasteiger partial charge in [0.2, 0.25) is 0 Å². The summed E-state index contributed by atoms with van der Waals surface area (Å²) < 4.78 is 4.29. The van der Waals surface area contributed by atoms with E-state index in [0.29, 0.717) is 18.7 Å². The molecule has 1 heterocycles. The quantitative estimate of drug-likeness (QED) is 0.765. The number of thioether (sulfide) groups is 1. The maximum absolute atomic E-state index is 13.3. The summed E-state index contributed by atoms with van der Waals surface area (Å²) in [5, 5.41) is 0. The first kappa shape index (κ1) is 17.5. The molecule has 0 N–H and O–H groups in total. The van der Waals surface area contributed by atoms with Crippen molar-refractivity contribution < 1.29 is 14.3 Å². The van der Waals surface area contributed by atoms with Gasteiger partial charge >= 0.3 is 5.97 Å². The van der Waals surface area contributed by atoms with E-state index in [-0.39, 0.29) is 11.9 Å². The Labute approximate surface area is 152 Å². The number of hydrogen-bond donors (Lipinski definition) is 0. The third kappa shape index (κ3) is 2.63. The van der Waals surface area contributed by atoms with Crippen LogP contribution in [-0.2, 0) is 14.3 Å². The molecule has 130 valence electrons. The van der Waals surface area contributed by atoms with Crippen LogP contribution in [0.4, 0.5) is 5.69 Å². The maximum atomic E-state index is 13.3. The van der Waals surface area contributed by atoms with Gasteiger partial charge < -0.3 is 9.64 Å². The number of benzene rings is 2. The summed E-state index contributed by atoms with van der Waals surface area (Å²) in [6.07, 6.45) is 1.94. The van der Waals surface area contributed by atoms with Crippen LogP contribution in [0.3, 0.4) is 0 Å². The lowest BCUT2D eigenvalue weighted by Crippen LogP contribution is -2.38. The predicted octanol–water partition coefficient (Wildman–Crippen LogP) is 3.84. The highest BCUT2D eigenvalue weighted by molar-refractivity contribution is 8.00. The summed E-state index contributed by atoms with van der Waals surface area (Å²) in [6.45, 7) is 4.65. The number of rotatable bonds is 5. The number of ether oxygens (including phenoxy) is 1. The van der Waals surface area contributed by atoms with E-state index in [9.17, 15) is 9.59 Å². The van der Waals surface area contributed by atoms with Crippen LogP contribution in [0.2, 0.25) is 0 Å². The summed E-state index contributed by atoms with van der Waals surface area (Å²) in [5.41, 5.74) is 3.11. The van der Waals surface area contributed by atoms with E-state index < -0.39 is 4.75 Å². The van der Waals surface area contributed by atoms with E-state index in [1.807, 2.05) is 55.6 Å². The van der Waals surface area contributed by atoms with Crippen molar-refractivity contribution in [2.45, 2.75) is 18.6 Å². The van der Waals surface area contributed by atoms with Gasteiger partial charge in [0.25, 0.3) is 5.91 Å². The van der Waals surface area contributed by atoms with Crippen LogP contribution in [0.25, 0.3) is 0 Å². The highest BCUT2D eigenvalue weighted by atomic mass is 32.2. The number of hydrogen-bond acceptors (Lipinski definition) is 4. The smallest absolute Gasteiger partial charge is 0.338 e. The number of likely N-dealkylation sites (N-methyl/N-ethyl adjacent to an activating group) is 1. The lowest BCUT2D eigenvalue weighted by Gasteiger charge is -2.27. The number of carbonyl (C=O) groups is 2. The molecule has 0 radical (unpaired) electrons. The molecule has 0 bridgehead atoms. The van der Waals surface area contributed by atoms with Gasteiger partial charge in [-0.15, -0.1) is 11.8 Å². The highest BCUT2D eigenvalue weighted by Gasteiger charge is 2.51. The molecule has 1 aliphatic rings.